The lowest BCUT2D eigenvalue weighted by atomic mass is 10.0. The van der Waals surface area contributed by atoms with Crippen molar-refractivity contribution in [1.82, 2.24) is 4.90 Å². The number of likely N-dealkylation sites (tertiary alicyclic amines) is 1. The normalized spacial score (nSPS) is 23.4. The lowest BCUT2D eigenvalue weighted by Gasteiger charge is -2.32. The van der Waals surface area contributed by atoms with E-state index in [1.165, 1.54) is 24.8 Å². The zero-order chi connectivity index (χ0) is 13.2. The van der Waals surface area contributed by atoms with Crippen molar-refractivity contribution in [3.05, 3.63) is 29.3 Å². The number of hydrogen-bond acceptors (Lipinski definition) is 3. The van der Waals surface area contributed by atoms with Crippen molar-refractivity contribution in [3.8, 4) is 5.75 Å². The smallest absolute Gasteiger partial charge is 0.163 e. The Balaban J connectivity index is 1.64. The summed E-state index contributed by atoms with van der Waals surface area (Å²) in [6.45, 7) is 1.89. The number of piperidine rings is 1. The molecule has 2 aliphatic rings. The highest BCUT2D eigenvalue weighted by atomic mass is 16.5. The van der Waals surface area contributed by atoms with Gasteiger partial charge >= 0.3 is 0 Å². The van der Waals surface area contributed by atoms with Gasteiger partial charge in [0.2, 0.25) is 0 Å². The van der Waals surface area contributed by atoms with Gasteiger partial charge in [-0.2, -0.15) is 0 Å². The largest absolute Gasteiger partial charge is 0.492 e. The number of likely N-dealkylation sites (N-methyl/N-ethyl adjacent to an activating group) is 1. The number of carbonyl (C=O) groups excluding carboxylic acids is 1. The van der Waals surface area contributed by atoms with Gasteiger partial charge in [0.05, 0.1) is 0 Å². The molecule has 0 aromatic heterocycles. The van der Waals surface area contributed by atoms with Gasteiger partial charge in [-0.1, -0.05) is 12.5 Å². The molecule has 0 spiro atoms. The summed E-state index contributed by atoms with van der Waals surface area (Å²) in [5.74, 6) is 1.10. The van der Waals surface area contributed by atoms with Crippen LogP contribution in [0.2, 0.25) is 0 Å². The van der Waals surface area contributed by atoms with E-state index in [9.17, 15) is 4.79 Å². The number of ether oxygens (including phenoxy) is 1. The van der Waals surface area contributed by atoms with Crippen molar-refractivity contribution in [2.45, 2.75) is 38.1 Å². The van der Waals surface area contributed by atoms with E-state index in [0.29, 0.717) is 12.5 Å². The molecule has 3 nitrogen and oxygen atoms in total. The molecule has 1 aromatic rings. The van der Waals surface area contributed by atoms with Gasteiger partial charge in [-0.25, -0.2) is 0 Å². The molecule has 1 aromatic carbocycles. The number of Topliss-reactive ketones (excluding diaryl/α,β-unsaturated/α-hetero) is 1. The first-order chi connectivity index (χ1) is 9.24. The highest BCUT2D eigenvalue weighted by molar-refractivity contribution is 6.00. The molecule has 1 heterocycles. The van der Waals surface area contributed by atoms with Crippen molar-refractivity contribution in [2.24, 2.45) is 0 Å². The molecule has 1 saturated heterocycles. The number of ketones is 1. The van der Waals surface area contributed by atoms with E-state index in [1.807, 2.05) is 18.2 Å². The van der Waals surface area contributed by atoms with Crippen LogP contribution in [0.1, 0.15) is 41.6 Å². The van der Waals surface area contributed by atoms with Crippen molar-refractivity contribution in [2.75, 3.05) is 20.2 Å². The number of hydrogen-bond donors (Lipinski definition) is 0. The van der Waals surface area contributed by atoms with E-state index >= 15 is 0 Å². The number of benzene rings is 1. The quantitative estimate of drug-likeness (QED) is 0.836. The second kappa shape index (κ2) is 5.33. The Labute approximate surface area is 114 Å². The van der Waals surface area contributed by atoms with Gasteiger partial charge in [-0.3, -0.25) is 4.79 Å². The van der Waals surface area contributed by atoms with Crippen LogP contribution in [-0.2, 0) is 6.42 Å². The van der Waals surface area contributed by atoms with E-state index in [0.717, 1.165) is 30.9 Å². The number of nitrogens with zero attached hydrogens (tertiary/aromatic N) is 1. The molecule has 19 heavy (non-hydrogen) atoms. The minimum Gasteiger partial charge on any atom is -0.492 e. The predicted octanol–water partition coefficient (Wildman–Crippen LogP) is 2.68. The van der Waals surface area contributed by atoms with Crippen LogP contribution in [0, 0.1) is 0 Å². The van der Waals surface area contributed by atoms with Gasteiger partial charge in [0.1, 0.15) is 12.4 Å². The fraction of sp³-hybridized carbons (Fsp3) is 0.562. The summed E-state index contributed by atoms with van der Waals surface area (Å²) in [7, 11) is 2.17. The number of carbonyl (C=O) groups is 1. The summed E-state index contributed by atoms with van der Waals surface area (Å²) in [6.07, 6.45) is 5.34. The molecule has 102 valence electrons. The maximum atomic E-state index is 11.7. The molecular formula is C16H21NO2. The lowest BCUT2D eigenvalue weighted by molar-refractivity contribution is 0.0993. The first-order valence-electron chi connectivity index (χ1n) is 7.23. The third kappa shape index (κ3) is 2.66. The molecule has 3 rings (SSSR count). The highest BCUT2D eigenvalue weighted by Gasteiger charge is 2.21. The van der Waals surface area contributed by atoms with E-state index < -0.39 is 0 Å². The molecule has 3 heteroatoms. The summed E-state index contributed by atoms with van der Waals surface area (Å²) < 4.78 is 5.90. The monoisotopic (exact) mass is 259 g/mol. The topological polar surface area (TPSA) is 29.5 Å². The molecule has 0 radical (unpaired) electrons. The Morgan fingerprint density at radius 1 is 1.32 bits per heavy atom. The minimum absolute atomic E-state index is 0.259. The molecule has 0 amide bonds. The fourth-order valence-electron chi connectivity index (χ4n) is 3.05. The predicted molar refractivity (Wildman–Crippen MR) is 74.9 cm³/mol. The van der Waals surface area contributed by atoms with Crippen molar-refractivity contribution in [3.63, 3.8) is 0 Å². The number of aryl methyl sites for hydroxylation is 1. The van der Waals surface area contributed by atoms with Crippen LogP contribution in [0.3, 0.4) is 0 Å². The molecular weight excluding hydrogens is 238 g/mol. The zero-order valence-corrected chi connectivity index (χ0v) is 11.5. The van der Waals surface area contributed by atoms with Gasteiger partial charge in [-0.15, -0.1) is 0 Å². The van der Waals surface area contributed by atoms with Crippen LogP contribution in [0.25, 0.3) is 0 Å². The van der Waals surface area contributed by atoms with Crippen LogP contribution < -0.4 is 4.74 Å². The van der Waals surface area contributed by atoms with Crippen molar-refractivity contribution < 1.29 is 9.53 Å². The van der Waals surface area contributed by atoms with E-state index in [4.69, 9.17) is 4.74 Å². The Morgan fingerprint density at radius 2 is 2.21 bits per heavy atom. The second-order valence-corrected chi connectivity index (χ2v) is 5.68. The van der Waals surface area contributed by atoms with Gasteiger partial charge in [-0.05, 0) is 50.6 Å². The third-order valence-electron chi connectivity index (χ3n) is 4.37. The first kappa shape index (κ1) is 12.7. The number of fused-ring (bicyclic) bond motifs is 1. The van der Waals surface area contributed by atoms with Crippen molar-refractivity contribution in [1.29, 1.82) is 0 Å². The summed E-state index contributed by atoms with van der Waals surface area (Å²) in [4.78, 5) is 14.1. The van der Waals surface area contributed by atoms with Gasteiger partial charge in [0.25, 0.3) is 0 Å². The highest BCUT2D eigenvalue weighted by Crippen LogP contribution is 2.26. The van der Waals surface area contributed by atoms with Crippen LogP contribution >= 0.6 is 0 Å². The van der Waals surface area contributed by atoms with Gasteiger partial charge < -0.3 is 9.64 Å². The minimum atomic E-state index is 0.259. The van der Waals surface area contributed by atoms with E-state index in [1.54, 1.807) is 0 Å². The molecule has 0 saturated carbocycles. The van der Waals surface area contributed by atoms with Gasteiger partial charge in [0, 0.05) is 18.0 Å². The Bertz CT molecular complexity index is 484. The number of rotatable bonds is 3. The SMILES string of the molecule is CN1CCCCC1COc1ccc2c(c1)C(=O)CC2. The third-order valence-corrected chi connectivity index (χ3v) is 4.37. The molecule has 1 atom stereocenters. The molecule has 0 bridgehead atoms. The molecule has 1 unspecified atom stereocenters. The molecule has 1 aliphatic carbocycles. The molecule has 1 fully saturated rings. The van der Waals surface area contributed by atoms with E-state index in [-0.39, 0.29) is 5.78 Å². The van der Waals surface area contributed by atoms with Gasteiger partial charge in [0.15, 0.2) is 5.78 Å². The summed E-state index contributed by atoms with van der Waals surface area (Å²) >= 11 is 0. The van der Waals surface area contributed by atoms with Crippen LogP contribution in [0.15, 0.2) is 18.2 Å². The summed E-state index contributed by atoms with van der Waals surface area (Å²) in [5.41, 5.74) is 2.04. The second-order valence-electron chi connectivity index (χ2n) is 5.68. The van der Waals surface area contributed by atoms with E-state index in [2.05, 4.69) is 11.9 Å². The molecule has 1 aliphatic heterocycles. The Kier molecular flexibility index (Phi) is 3.56. The van der Waals surface area contributed by atoms with Crippen LogP contribution in [0.4, 0.5) is 0 Å². The van der Waals surface area contributed by atoms with Crippen molar-refractivity contribution >= 4 is 5.78 Å². The van der Waals surface area contributed by atoms with Crippen LogP contribution in [0.5, 0.6) is 5.75 Å². The zero-order valence-electron chi connectivity index (χ0n) is 11.5. The standard InChI is InChI=1S/C16H21NO2/c1-17-9-3-2-4-13(17)11-19-14-7-5-12-6-8-16(18)15(12)10-14/h5,7,10,13H,2-4,6,8-9,11H2,1H3. The first-order valence-corrected chi connectivity index (χ1v) is 7.23. The van der Waals surface area contributed by atoms with Crippen LogP contribution in [-0.4, -0.2) is 36.9 Å². The Hall–Kier alpha value is -1.35. The Morgan fingerprint density at radius 3 is 3.05 bits per heavy atom. The summed E-state index contributed by atoms with van der Waals surface area (Å²) in [6, 6.07) is 6.48. The fourth-order valence-corrected chi connectivity index (χ4v) is 3.05. The average Bonchev–Trinajstić information content (AvgIpc) is 2.79. The maximum Gasteiger partial charge on any atom is 0.163 e. The lowest BCUT2D eigenvalue weighted by Crippen LogP contribution is -2.40. The molecule has 0 N–H and O–H groups in total. The maximum absolute atomic E-state index is 11.7. The summed E-state index contributed by atoms with van der Waals surface area (Å²) in [5, 5.41) is 0. The average molecular weight is 259 g/mol.